The lowest BCUT2D eigenvalue weighted by molar-refractivity contribution is -0.115. The predicted molar refractivity (Wildman–Crippen MR) is 126 cm³/mol. The Hall–Kier alpha value is -2.70. The van der Waals surface area contributed by atoms with Gasteiger partial charge < -0.3 is 25.6 Å². The van der Waals surface area contributed by atoms with E-state index in [2.05, 4.69) is 30.7 Å². The predicted octanol–water partition coefficient (Wildman–Crippen LogP) is 2.68. The average molecular weight is 546 g/mol. The third kappa shape index (κ3) is 7.49. The van der Waals surface area contributed by atoms with Gasteiger partial charge in [-0.1, -0.05) is 12.1 Å². The number of aliphatic imine (C=N–C) groups is 1. The molecular weight excluding hydrogens is 521 g/mol. The number of para-hydroxylation sites is 2. The van der Waals surface area contributed by atoms with Crippen LogP contribution in [0.4, 0.5) is 20.2 Å². The van der Waals surface area contributed by atoms with Crippen LogP contribution in [0.5, 0.6) is 5.75 Å². The van der Waals surface area contributed by atoms with Crippen molar-refractivity contribution in [2.75, 3.05) is 36.9 Å². The van der Waals surface area contributed by atoms with Gasteiger partial charge in [0.1, 0.15) is 5.75 Å². The first kappa shape index (κ1) is 24.6. The van der Waals surface area contributed by atoms with Crippen LogP contribution in [0, 0.1) is 0 Å². The van der Waals surface area contributed by atoms with E-state index in [1.54, 1.807) is 49.8 Å². The number of rotatable bonds is 7. The van der Waals surface area contributed by atoms with Gasteiger partial charge >= 0.3 is 6.61 Å². The van der Waals surface area contributed by atoms with Gasteiger partial charge in [0.2, 0.25) is 5.91 Å². The summed E-state index contributed by atoms with van der Waals surface area (Å²) in [5.74, 6) is 0.417. The van der Waals surface area contributed by atoms with Gasteiger partial charge in [0.05, 0.1) is 24.1 Å². The van der Waals surface area contributed by atoms with Crippen LogP contribution in [0.25, 0.3) is 0 Å². The molecule has 1 aromatic heterocycles. The van der Waals surface area contributed by atoms with Gasteiger partial charge in [0, 0.05) is 32.4 Å². The fourth-order valence-corrected chi connectivity index (χ4v) is 3.20. The highest BCUT2D eigenvalue weighted by Gasteiger charge is 2.26. The van der Waals surface area contributed by atoms with E-state index >= 15 is 0 Å². The number of pyridine rings is 1. The minimum Gasteiger partial charge on any atom is -0.433 e. The van der Waals surface area contributed by atoms with Crippen molar-refractivity contribution in [2.45, 2.75) is 19.1 Å². The van der Waals surface area contributed by atoms with Gasteiger partial charge in [-0.15, -0.1) is 24.0 Å². The summed E-state index contributed by atoms with van der Waals surface area (Å²) in [6.45, 7) is -1.56. The molecule has 0 spiro atoms. The van der Waals surface area contributed by atoms with E-state index < -0.39 is 6.61 Å². The maximum absolute atomic E-state index is 12.7. The summed E-state index contributed by atoms with van der Waals surface area (Å²) in [6.07, 6.45) is 3.97. The largest absolute Gasteiger partial charge is 0.433 e. The summed E-state index contributed by atoms with van der Waals surface area (Å²) in [7, 11) is 1.62. The van der Waals surface area contributed by atoms with Crippen molar-refractivity contribution in [3.05, 3.63) is 48.8 Å². The summed E-state index contributed by atoms with van der Waals surface area (Å²) in [6, 6.07) is 10.3. The van der Waals surface area contributed by atoms with Gasteiger partial charge in [-0.25, -0.2) is 0 Å². The standard InChI is InChI=1S/C20H24F2N6O2.HI/c1-23-20(25-12-18(29)26-14-5-4-9-24-11-14)27-15-8-10-28(13-15)16-6-2-3-7-17(16)30-19(21)22;/h2-7,9,11,15,19H,8,10,12-13H2,1H3,(H,26,29)(H2,23,25,27);1H. The number of guanidine groups is 1. The highest BCUT2D eigenvalue weighted by atomic mass is 127. The van der Waals surface area contributed by atoms with Crippen molar-refractivity contribution < 1.29 is 18.3 Å². The van der Waals surface area contributed by atoms with E-state index in [-0.39, 0.29) is 48.2 Å². The molecule has 2 heterocycles. The van der Waals surface area contributed by atoms with Crippen LogP contribution in [0.3, 0.4) is 0 Å². The van der Waals surface area contributed by atoms with Gasteiger partial charge in [0.25, 0.3) is 0 Å². The Balaban J connectivity index is 0.00000341. The Morgan fingerprint density at radius 1 is 1.32 bits per heavy atom. The Kier molecular flexibility index (Phi) is 9.69. The molecule has 2 aromatic rings. The molecular formula is C20H25F2IN6O2. The molecule has 31 heavy (non-hydrogen) atoms. The van der Waals surface area contributed by atoms with E-state index in [0.717, 1.165) is 6.42 Å². The summed E-state index contributed by atoms with van der Waals surface area (Å²) in [4.78, 5) is 22.1. The first-order chi connectivity index (χ1) is 14.5. The zero-order valence-electron chi connectivity index (χ0n) is 16.9. The zero-order valence-corrected chi connectivity index (χ0v) is 19.3. The highest BCUT2D eigenvalue weighted by molar-refractivity contribution is 14.0. The molecule has 1 unspecified atom stereocenters. The van der Waals surface area contributed by atoms with E-state index in [1.165, 1.54) is 6.07 Å². The third-order valence-electron chi connectivity index (χ3n) is 4.54. The summed E-state index contributed by atoms with van der Waals surface area (Å²) in [5.41, 5.74) is 1.24. The number of carbonyl (C=O) groups excluding carboxylic acids is 1. The van der Waals surface area contributed by atoms with Crippen LogP contribution in [-0.4, -0.2) is 56.2 Å². The summed E-state index contributed by atoms with van der Waals surface area (Å²) >= 11 is 0. The average Bonchev–Trinajstić information content (AvgIpc) is 3.20. The van der Waals surface area contributed by atoms with Gasteiger partial charge in [0.15, 0.2) is 5.96 Å². The molecule has 1 amide bonds. The molecule has 3 N–H and O–H groups in total. The van der Waals surface area contributed by atoms with Crippen molar-refractivity contribution in [3.63, 3.8) is 0 Å². The lowest BCUT2D eigenvalue weighted by Crippen LogP contribution is -2.46. The Morgan fingerprint density at radius 3 is 2.84 bits per heavy atom. The quantitative estimate of drug-likeness (QED) is 0.281. The maximum Gasteiger partial charge on any atom is 0.387 e. The minimum atomic E-state index is -2.87. The van der Waals surface area contributed by atoms with Crippen molar-refractivity contribution in [2.24, 2.45) is 4.99 Å². The highest BCUT2D eigenvalue weighted by Crippen LogP contribution is 2.31. The monoisotopic (exact) mass is 546 g/mol. The zero-order chi connectivity index (χ0) is 21.3. The molecule has 1 fully saturated rings. The van der Waals surface area contributed by atoms with Gasteiger partial charge in [-0.05, 0) is 30.7 Å². The molecule has 1 aliphatic rings. The van der Waals surface area contributed by atoms with Crippen LogP contribution in [0.1, 0.15) is 6.42 Å². The number of anilines is 2. The van der Waals surface area contributed by atoms with E-state index in [9.17, 15) is 13.6 Å². The van der Waals surface area contributed by atoms with Crippen molar-refractivity contribution in [1.29, 1.82) is 0 Å². The summed E-state index contributed by atoms with van der Waals surface area (Å²) in [5, 5.41) is 8.97. The molecule has 11 heteroatoms. The number of carbonyl (C=O) groups is 1. The molecule has 0 aliphatic carbocycles. The number of ether oxygens (including phenoxy) is 1. The first-order valence-corrected chi connectivity index (χ1v) is 9.51. The van der Waals surface area contributed by atoms with E-state index in [1.807, 2.05) is 4.90 Å². The lowest BCUT2D eigenvalue weighted by Gasteiger charge is -2.22. The molecule has 1 saturated heterocycles. The Bertz CT molecular complexity index is 872. The fraction of sp³-hybridized carbons (Fsp3) is 0.350. The molecule has 1 aromatic carbocycles. The maximum atomic E-state index is 12.7. The smallest absolute Gasteiger partial charge is 0.387 e. The van der Waals surface area contributed by atoms with E-state index in [4.69, 9.17) is 0 Å². The fourth-order valence-electron chi connectivity index (χ4n) is 3.20. The number of nitrogens with zero attached hydrogens (tertiary/aromatic N) is 3. The number of alkyl halides is 2. The van der Waals surface area contributed by atoms with Crippen molar-refractivity contribution in [1.82, 2.24) is 15.6 Å². The number of halogens is 3. The Morgan fingerprint density at radius 2 is 2.13 bits per heavy atom. The van der Waals surface area contributed by atoms with Crippen molar-refractivity contribution >= 4 is 47.2 Å². The van der Waals surface area contributed by atoms with Crippen LogP contribution >= 0.6 is 24.0 Å². The molecule has 168 valence electrons. The molecule has 1 atom stereocenters. The van der Waals surface area contributed by atoms with Gasteiger partial charge in [-0.2, -0.15) is 8.78 Å². The van der Waals surface area contributed by atoms with Gasteiger partial charge in [-0.3, -0.25) is 14.8 Å². The number of amides is 1. The second-order valence-corrected chi connectivity index (χ2v) is 6.64. The number of nitrogens with one attached hydrogen (secondary N) is 3. The lowest BCUT2D eigenvalue weighted by atomic mass is 10.2. The molecule has 0 saturated carbocycles. The van der Waals surface area contributed by atoms with Crippen LogP contribution in [-0.2, 0) is 4.79 Å². The van der Waals surface area contributed by atoms with E-state index in [0.29, 0.717) is 30.4 Å². The second kappa shape index (κ2) is 12.2. The normalized spacial score (nSPS) is 15.9. The van der Waals surface area contributed by atoms with Crippen LogP contribution in [0.2, 0.25) is 0 Å². The van der Waals surface area contributed by atoms with Crippen LogP contribution < -0.4 is 25.6 Å². The summed E-state index contributed by atoms with van der Waals surface area (Å²) < 4.78 is 29.9. The van der Waals surface area contributed by atoms with Crippen molar-refractivity contribution in [3.8, 4) is 5.75 Å². The topological polar surface area (TPSA) is 90.9 Å². The molecule has 8 nitrogen and oxygen atoms in total. The molecule has 3 rings (SSSR count). The SMILES string of the molecule is CN=C(NCC(=O)Nc1cccnc1)NC1CCN(c2ccccc2OC(F)F)C1.I. The molecule has 0 bridgehead atoms. The number of benzene rings is 1. The Labute approximate surface area is 196 Å². The number of hydrogen-bond acceptors (Lipinski definition) is 5. The number of hydrogen-bond donors (Lipinski definition) is 3. The first-order valence-electron chi connectivity index (χ1n) is 9.51. The van der Waals surface area contributed by atoms with Crippen LogP contribution in [0.15, 0.2) is 53.8 Å². The second-order valence-electron chi connectivity index (χ2n) is 6.64. The third-order valence-corrected chi connectivity index (χ3v) is 4.54. The number of aromatic nitrogens is 1. The minimum absolute atomic E-state index is 0. The molecule has 0 radical (unpaired) electrons. The molecule has 1 aliphatic heterocycles.